The zero-order valence-corrected chi connectivity index (χ0v) is 14.5. The number of thioether (sulfide) groups is 1. The zero-order valence-electron chi connectivity index (χ0n) is 12.1. The van der Waals surface area contributed by atoms with E-state index in [9.17, 15) is 30.4 Å². The maximum atomic E-state index is 12.2. The van der Waals surface area contributed by atoms with Crippen molar-refractivity contribution < 1.29 is 34.9 Å². The molecule has 0 bridgehead atoms. The predicted molar refractivity (Wildman–Crippen MR) is 83.0 cm³/mol. The Morgan fingerprint density at radius 2 is 1.58 bits per heavy atom. The van der Waals surface area contributed by atoms with Gasteiger partial charge in [-0.25, -0.2) is 0 Å². The molecule has 0 amide bonds. The Morgan fingerprint density at radius 3 is 1.96 bits per heavy atom. The summed E-state index contributed by atoms with van der Waals surface area (Å²) in [6.45, 7) is 0.304. The van der Waals surface area contributed by atoms with Gasteiger partial charge in [0.1, 0.15) is 0 Å². The van der Waals surface area contributed by atoms with Crippen molar-refractivity contribution >= 4 is 33.5 Å². The molecule has 0 unspecified atom stereocenters. The monoisotopic (exact) mass is 415 g/mol. The summed E-state index contributed by atoms with van der Waals surface area (Å²) in [5, 5.41) is -4.21. The minimum absolute atomic E-state index is 0.151. The molecule has 1 rings (SSSR count). The van der Waals surface area contributed by atoms with Crippen LogP contribution in [-0.2, 0) is 10.1 Å². The van der Waals surface area contributed by atoms with Gasteiger partial charge in [0, 0.05) is 5.02 Å². The summed E-state index contributed by atoms with van der Waals surface area (Å²) >= 11 is 5.10. The van der Waals surface area contributed by atoms with Crippen LogP contribution in [0.5, 0.6) is 0 Å². The summed E-state index contributed by atoms with van der Waals surface area (Å²) < 4.78 is 88.4. The molecule has 0 saturated carbocycles. The van der Waals surface area contributed by atoms with E-state index < -0.39 is 21.5 Å². The lowest BCUT2D eigenvalue weighted by Crippen LogP contribution is -2.33. The lowest BCUT2D eigenvalue weighted by atomic mass is 10.3. The van der Waals surface area contributed by atoms with Gasteiger partial charge < -0.3 is 5.73 Å². The van der Waals surface area contributed by atoms with Gasteiger partial charge in [-0.2, -0.15) is 30.4 Å². The highest BCUT2D eigenvalue weighted by Crippen LogP contribution is 2.44. The van der Waals surface area contributed by atoms with Gasteiger partial charge in [-0.3, -0.25) is 4.55 Å². The summed E-state index contributed by atoms with van der Waals surface area (Å²) in [7, 11) is -4.08. The topological polar surface area (TPSA) is 80.4 Å². The molecule has 0 spiro atoms. The normalized spacial score (nSPS) is 12.5. The van der Waals surface area contributed by atoms with Gasteiger partial charge in [-0.15, -0.1) is 0 Å². The first kappa shape index (κ1) is 23.4. The fourth-order valence-corrected chi connectivity index (χ4v) is 2.51. The standard InChI is InChI=1S/C6H5ClO3S.C6H10F5NS/c7-5-1-3-6(4-2-5)11(8,9)10;7-5(8,9)6(10,11)13-4-2-1-3-12/h1-4H,(H,8,9,10);1-4,12H2. The van der Waals surface area contributed by atoms with Crippen LogP contribution in [0.2, 0.25) is 5.02 Å². The highest BCUT2D eigenvalue weighted by molar-refractivity contribution is 8.00. The Kier molecular flexibility index (Phi) is 9.51. The SMILES string of the molecule is NCCCCSC(F)(F)C(F)(F)F.O=S(=O)(O)c1ccc(Cl)cc1. The van der Waals surface area contributed by atoms with Crippen LogP contribution in [0, 0.1) is 0 Å². The molecule has 0 aliphatic rings. The van der Waals surface area contributed by atoms with Crippen LogP contribution in [0.3, 0.4) is 0 Å². The molecule has 0 aromatic heterocycles. The summed E-state index contributed by atoms with van der Waals surface area (Å²) in [6.07, 6.45) is -4.73. The maximum Gasteiger partial charge on any atom is 0.464 e. The number of rotatable bonds is 6. The molecule has 0 heterocycles. The second-order valence-corrected chi connectivity index (χ2v) is 7.36. The smallest absolute Gasteiger partial charge is 0.330 e. The minimum atomic E-state index is -5.46. The summed E-state index contributed by atoms with van der Waals surface area (Å²) in [4.78, 5) is -0.151. The van der Waals surface area contributed by atoms with E-state index in [0.29, 0.717) is 18.0 Å². The first-order valence-electron chi connectivity index (χ1n) is 6.33. The fourth-order valence-electron chi connectivity index (χ4n) is 1.14. The molecule has 24 heavy (non-hydrogen) atoms. The van der Waals surface area contributed by atoms with Gasteiger partial charge in [0.05, 0.1) is 4.90 Å². The summed E-state index contributed by atoms with van der Waals surface area (Å²) in [6, 6.07) is 5.25. The van der Waals surface area contributed by atoms with E-state index >= 15 is 0 Å². The van der Waals surface area contributed by atoms with Crippen molar-refractivity contribution in [2.45, 2.75) is 29.2 Å². The fraction of sp³-hybridized carbons (Fsp3) is 0.500. The van der Waals surface area contributed by atoms with Gasteiger partial charge in [0.25, 0.3) is 10.1 Å². The zero-order chi connectivity index (χ0) is 19.0. The number of halogens is 6. The summed E-state index contributed by atoms with van der Waals surface area (Å²) in [5.41, 5.74) is 5.05. The second kappa shape index (κ2) is 9.76. The third kappa shape index (κ3) is 9.02. The van der Waals surface area contributed by atoms with Crippen LogP contribution in [0.25, 0.3) is 0 Å². The van der Waals surface area contributed by atoms with Crippen LogP contribution < -0.4 is 5.73 Å². The van der Waals surface area contributed by atoms with Crippen LogP contribution in [0.15, 0.2) is 29.2 Å². The third-order valence-electron chi connectivity index (χ3n) is 2.32. The molecular formula is C12H15ClF5NO3S2. The second-order valence-electron chi connectivity index (χ2n) is 4.29. The van der Waals surface area contributed by atoms with E-state index in [0.717, 1.165) is 0 Å². The quantitative estimate of drug-likeness (QED) is 0.413. The van der Waals surface area contributed by atoms with Gasteiger partial charge >= 0.3 is 11.4 Å². The molecule has 4 nitrogen and oxygen atoms in total. The Bertz CT molecular complexity index is 594. The maximum absolute atomic E-state index is 12.2. The average molecular weight is 416 g/mol. The minimum Gasteiger partial charge on any atom is -0.330 e. The van der Waals surface area contributed by atoms with E-state index in [1.807, 2.05) is 0 Å². The first-order valence-corrected chi connectivity index (χ1v) is 9.13. The van der Waals surface area contributed by atoms with Crippen LogP contribution in [0.1, 0.15) is 12.8 Å². The lowest BCUT2D eigenvalue weighted by molar-refractivity contribution is -0.237. The van der Waals surface area contributed by atoms with Crippen molar-refractivity contribution in [3.05, 3.63) is 29.3 Å². The van der Waals surface area contributed by atoms with Crippen molar-refractivity contribution in [2.24, 2.45) is 5.73 Å². The molecule has 12 heteroatoms. The van der Waals surface area contributed by atoms with Gasteiger partial charge in [0.2, 0.25) is 0 Å². The molecule has 0 fully saturated rings. The molecule has 0 saturated heterocycles. The molecule has 1 aromatic rings. The van der Waals surface area contributed by atoms with Crippen LogP contribution >= 0.6 is 23.4 Å². The Morgan fingerprint density at radius 1 is 1.08 bits per heavy atom. The van der Waals surface area contributed by atoms with Crippen molar-refractivity contribution in [2.75, 3.05) is 12.3 Å². The number of unbranched alkanes of at least 4 members (excludes halogenated alkanes) is 1. The molecule has 0 atom stereocenters. The number of benzene rings is 1. The van der Waals surface area contributed by atoms with E-state index in [1.165, 1.54) is 24.3 Å². The van der Waals surface area contributed by atoms with Crippen LogP contribution in [-0.4, -0.2) is 36.7 Å². The Labute approximate surface area is 145 Å². The molecule has 3 N–H and O–H groups in total. The largest absolute Gasteiger partial charge is 0.464 e. The van der Waals surface area contributed by atoms with Crippen molar-refractivity contribution in [3.8, 4) is 0 Å². The predicted octanol–water partition coefficient (Wildman–Crippen LogP) is 4.20. The molecule has 140 valence electrons. The van der Waals surface area contributed by atoms with Gasteiger partial charge in [-0.05, 0) is 49.4 Å². The number of hydrogen-bond donors (Lipinski definition) is 2. The molecular weight excluding hydrogens is 401 g/mol. The molecule has 1 aromatic carbocycles. The number of alkyl halides is 5. The molecule has 0 aliphatic carbocycles. The van der Waals surface area contributed by atoms with Crippen molar-refractivity contribution in [1.82, 2.24) is 0 Å². The first-order chi connectivity index (χ1) is 10.8. The van der Waals surface area contributed by atoms with E-state index in [-0.39, 0.29) is 28.8 Å². The van der Waals surface area contributed by atoms with E-state index in [1.54, 1.807) is 0 Å². The van der Waals surface area contributed by atoms with Crippen LogP contribution in [0.4, 0.5) is 22.0 Å². The Hall–Kier alpha value is -0.620. The number of hydrogen-bond acceptors (Lipinski definition) is 4. The highest BCUT2D eigenvalue weighted by Gasteiger charge is 2.57. The highest BCUT2D eigenvalue weighted by atomic mass is 35.5. The lowest BCUT2D eigenvalue weighted by Gasteiger charge is -2.18. The average Bonchev–Trinajstić information content (AvgIpc) is 2.42. The van der Waals surface area contributed by atoms with E-state index in [2.05, 4.69) is 0 Å². The molecule has 0 aliphatic heterocycles. The van der Waals surface area contributed by atoms with Gasteiger partial charge in [-0.1, -0.05) is 23.4 Å². The Balaban J connectivity index is 0.000000446. The van der Waals surface area contributed by atoms with Crippen molar-refractivity contribution in [3.63, 3.8) is 0 Å². The summed E-state index contributed by atoms with van der Waals surface area (Å²) in [5.74, 6) is -0.232. The van der Waals surface area contributed by atoms with E-state index in [4.69, 9.17) is 21.9 Å². The molecule has 0 radical (unpaired) electrons. The number of nitrogens with two attached hydrogens (primary N) is 1. The third-order valence-corrected chi connectivity index (χ3v) is 4.53. The van der Waals surface area contributed by atoms with Crippen molar-refractivity contribution in [1.29, 1.82) is 0 Å². The van der Waals surface area contributed by atoms with Gasteiger partial charge in [0.15, 0.2) is 0 Å².